The average Bonchev–Trinajstić information content (AvgIpc) is 2.95. The summed E-state index contributed by atoms with van der Waals surface area (Å²) < 4.78 is 38.2. The van der Waals surface area contributed by atoms with Crippen molar-refractivity contribution in [1.29, 1.82) is 0 Å². The van der Waals surface area contributed by atoms with Crippen LogP contribution in [0.3, 0.4) is 0 Å². The Labute approximate surface area is 149 Å². The molecule has 1 amide bonds. The molecule has 0 fully saturated rings. The van der Waals surface area contributed by atoms with Crippen molar-refractivity contribution in [2.45, 2.75) is 29.3 Å². The zero-order valence-corrected chi connectivity index (χ0v) is 14.4. The molecule has 1 unspecified atom stereocenters. The summed E-state index contributed by atoms with van der Waals surface area (Å²) in [5.41, 5.74) is -2.08. The number of thioether (sulfide) groups is 1. The lowest BCUT2D eigenvalue weighted by molar-refractivity contribution is -0.242. The van der Waals surface area contributed by atoms with Crippen LogP contribution in [0.1, 0.15) is 27.7 Å². The number of thiophene rings is 1. The molecule has 0 saturated carbocycles. The Kier molecular flexibility index (Phi) is 4.42. The van der Waals surface area contributed by atoms with Crippen LogP contribution in [0.15, 0.2) is 34.5 Å². The SMILES string of the molecule is CC(O)(C(=O)Nc1ccc2c(c1)SCc1ccsc1C2=O)C(F)(F)F. The Morgan fingerprint density at radius 2 is 2.00 bits per heavy atom. The molecule has 1 aliphatic rings. The Hall–Kier alpha value is -1.84. The van der Waals surface area contributed by atoms with Gasteiger partial charge in [0.05, 0.1) is 4.88 Å². The minimum atomic E-state index is -5.10. The van der Waals surface area contributed by atoms with Crippen LogP contribution < -0.4 is 5.32 Å². The van der Waals surface area contributed by atoms with Gasteiger partial charge in [0.2, 0.25) is 11.4 Å². The first-order valence-corrected chi connectivity index (χ1v) is 8.96. The van der Waals surface area contributed by atoms with E-state index < -0.39 is 17.7 Å². The number of rotatable bonds is 2. The van der Waals surface area contributed by atoms with Gasteiger partial charge in [-0.05, 0) is 42.1 Å². The minimum absolute atomic E-state index is 0.0822. The fourth-order valence-corrected chi connectivity index (χ4v) is 4.26. The summed E-state index contributed by atoms with van der Waals surface area (Å²) in [4.78, 5) is 25.5. The van der Waals surface area contributed by atoms with E-state index in [-0.39, 0.29) is 11.5 Å². The minimum Gasteiger partial charge on any atom is -0.373 e. The molecule has 0 radical (unpaired) electrons. The maximum Gasteiger partial charge on any atom is 0.426 e. The summed E-state index contributed by atoms with van der Waals surface area (Å²) in [6.45, 7) is 0.391. The molecule has 1 aromatic carbocycles. The predicted octanol–water partition coefficient (Wildman–Crippen LogP) is 3.84. The number of hydrogen-bond donors (Lipinski definition) is 2. The van der Waals surface area contributed by atoms with Crippen molar-refractivity contribution in [2.75, 3.05) is 5.32 Å². The first-order valence-electron chi connectivity index (χ1n) is 7.10. The van der Waals surface area contributed by atoms with Crippen molar-refractivity contribution < 1.29 is 27.9 Å². The van der Waals surface area contributed by atoms with Gasteiger partial charge in [-0.25, -0.2) is 0 Å². The van der Waals surface area contributed by atoms with Crippen molar-refractivity contribution in [3.8, 4) is 0 Å². The Bertz CT molecular complexity index is 859. The topological polar surface area (TPSA) is 66.4 Å². The summed E-state index contributed by atoms with van der Waals surface area (Å²) in [7, 11) is 0. The third-order valence-electron chi connectivity index (χ3n) is 3.81. The van der Waals surface area contributed by atoms with Crippen molar-refractivity contribution in [2.24, 2.45) is 0 Å². The predicted molar refractivity (Wildman–Crippen MR) is 89.1 cm³/mol. The number of amides is 1. The highest BCUT2D eigenvalue weighted by Crippen LogP contribution is 2.38. The lowest BCUT2D eigenvalue weighted by atomic mass is 10.0. The molecule has 2 aromatic rings. The monoisotopic (exact) mass is 387 g/mol. The van der Waals surface area contributed by atoms with Crippen molar-refractivity contribution >= 4 is 40.5 Å². The number of hydrogen-bond acceptors (Lipinski definition) is 5. The number of ketones is 1. The van der Waals surface area contributed by atoms with E-state index in [1.807, 2.05) is 11.4 Å². The molecule has 4 nitrogen and oxygen atoms in total. The third-order valence-corrected chi connectivity index (χ3v) is 5.87. The molecule has 0 spiro atoms. The fraction of sp³-hybridized carbons (Fsp3) is 0.250. The van der Waals surface area contributed by atoms with E-state index in [4.69, 9.17) is 0 Å². The van der Waals surface area contributed by atoms with E-state index in [9.17, 15) is 27.9 Å². The Balaban J connectivity index is 1.87. The highest BCUT2D eigenvalue weighted by Gasteiger charge is 2.55. The summed E-state index contributed by atoms with van der Waals surface area (Å²) in [6.07, 6.45) is -5.10. The maximum atomic E-state index is 12.7. The molecule has 0 aliphatic carbocycles. The molecule has 2 N–H and O–H groups in total. The number of carbonyl (C=O) groups excluding carboxylic acids is 2. The molecule has 0 saturated heterocycles. The van der Waals surface area contributed by atoms with Gasteiger partial charge in [0.15, 0.2) is 0 Å². The first kappa shape index (κ1) is 18.0. The molecule has 25 heavy (non-hydrogen) atoms. The maximum absolute atomic E-state index is 12.7. The summed E-state index contributed by atoms with van der Waals surface area (Å²) in [5, 5.41) is 13.3. The van der Waals surface area contributed by atoms with Gasteiger partial charge in [-0.1, -0.05) is 0 Å². The molecule has 0 bridgehead atoms. The summed E-state index contributed by atoms with van der Waals surface area (Å²) in [6, 6.07) is 6.12. The van der Waals surface area contributed by atoms with Gasteiger partial charge in [-0.2, -0.15) is 13.2 Å². The van der Waals surface area contributed by atoms with Crippen LogP contribution in [0.4, 0.5) is 18.9 Å². The number of carbonyl (C=O) groups is 2. The van der Waals surface area contributed by atoms with Crippen molar-refractivity contribution in [3.63, 3.8) is 0 Å². The van der Waals surface area contributed by atoms with Crippen molar-refractivity contribution in [1.82, 2.24) is 0 Å². The van der Waals surface area contributed by atoms with Crippen LogP contribution in [0.25, 0.3) is 0 Å². The van der Waals surface area contributed by atoms with E-state index in [0.29, 0.717) is 28.0 Å². The number of anilines is 1. The number of alkyl halides is 3. The van der Waals surface area contributed by atoms with E-state index in [1.165, 1.54) is 41.3 Å². The lowest BCUT2D eigenvalue weighted by Gasteiger charge is -2.25. The standard InChI is InChI=1S/C16H12F3NO3S2/c1-15(23,16(17,18)19)14(22)20-9-2-3-10-11(6-9)25-7-8-4-5-24-13(8)12(10)21/h2-6,23H,7H2,1H3,(H,20,22). The Morgan fingerprint density at radius 1 is 1.28 bits per heavy atom. The smallest absolute Gasteiger partial charge is 0.373 e. The second-order valence-corrected chi connectivity index (χ2v) is 7.56. The van der Waals surface area contributed by atoms with Crippen LogP contribution in [-0.2, 0) is 10.5 Å². The quantitative estimate of drug-likeness (QED) is 0.822. The number of nitrogens with one attached hydrogen (secondary N) is 1. The molecular formula is C16H12F3NO3S2. The van der Waals surface area contributed by atoms with Gasteiger partial charge in [0, 0.05) is 21.9 Å². The highest BCUT2D eigenvalue weighted by atomic mass is 32.2. The van der Waals surface area contributed by atoms with Gasteiger partial charge in [0.1, 0.15) is 0 Å². The molecule has 2 heterocycles. The second-order valence-electron chi connectivity index (χ2n) is 5.63. The molecule has 1 atom stereocenters. The third kappa shape index (κ3) is 3.19. The number of aliphatic hydroxyl groups is 1. The van der Waals surface area contributed by atoms with E-state index in [0.717, 1.165) is 5.56 Å². The zero-order chi connectivity index (χ0) is 18.4. The van der Waals surface area contributed by atoms with E-state index >= 15 is 0 Å². The van der Waals surface area contributed by atoms with E-state index in [2.05, 4.69) is 5.32 Å². The van der Waals surface area contributed by atoms with Gasteiger partial charge >= 0.3 is 6.18 Å². The number of fused-ring (bicyclic) bond motifs is 2. The van der Waals surface area contributed by atoms with Crippen LogP contribution in [0.5, 0.6) is 0 Å². The molecule has 1 aromatic heterocycles. The molecule has 132 valence electrons. The molecular weight excluding hydrogens is 375 g/mol. The second kappa shape index (κ2) is 6.15. The van der Waals surface area contributed by atoms with Gasteiger partial charge < -0.3 is 10.4 Å². The largest absolute Gasteiger partial charge is 0.426 e. The van der Waals surface area contributed by atoms with Gasteiger partial charge in [-0.15, -0.1) is 23.1 Å². The summed E-state index contributed by atoms with van der Waals surface area (Å²) in [5.74, 6) is -1.18. The first-order chi connectivity index (χ1) is 11.6. The highest BCUT2D eigenvalue weighted by molar-refractivity contribution is 7.98. The fourth-order valence-electron chi connectivity index (χ4n) is 2.22. The van der Waals surface area contributed by atoms with Crippen LogP contribution in [-0.4, -0.2) is 28.6 Å². The molecule has 9 heteroatoms. The number of benzene rings is 1. The zero-order valence-electron chi connectivity index (χ0n) is 12.8. The van der Waals surface area contributed by atoms with E-state index in [1.54, 1.807) is 0 Å². The van der Waals surface area contributed by atoms with Crippen LogP contribution >= 0.6 is 23.1 Å². The molecule has 3 rings (SSSR count). The van der Waals surface area contributed by atoms with Crippen molar-refractivity contribution in [3.05, 3.63) is 45.6 Å². The van der Waals surface area contributed by atoms with Gasteiger partial charge in [-0.3, -0.25) is 9.59 Å². The lowest BCUT2D eigenvalue weighted by Crippen LogP contribution is -2.52. The molecule has 1 aliphatic heterocycles. The average molecular weight is 387 g/mol. The summed E-state index contributed by atoms with van der Waals surface area (Å²) >= 11 is 2.71. The Morgan fingerprint density at radius 3 is 2.68 bits per heavy atom. The van der Waals surface area contributed by atoms with Crippen LogP contribution in [0, 0.1) is 0 Å². The number of halogens is 3. The van der Waals surface area contributed by atoms with Crippen LogP contribution in [0.2, 0.25) is 0 Å². The normalized spacial score (nSPS) is 16.4. The van der Waals surface area contributed by atoms with Gasteiger partial charge in [0.25, 0.3) is 5.91 Å².